The van der Waals surface area contributed by atoms with Crippen LogP contribution in [0.15, 0.2) is 66.7 Å². The molecule has 2 atom stereocenters. The number of ether oxygens (including phenoxy) is 1. The largest absolute Gasteiger partial charge is 0.448 e. The van der Waals surface area contributed by atoms with Gasteiger partial charge < -0.3 is 9.64 Å². The molecule has 2 aliphatic heterocycles. The highest BCUT2D eigenvalue weighted by Gasteiger charge is 2.46. The van der Waals surface area contributed by atoms with Crippen LogP contribution in [0.25, 0.3) is 11.1 Å². The van der Waals surface area contributed by atoms with Gasteiger partial charge in [-0.2, -0.15) is 5.26 Å². The molecule has 1 amide bonds. The second kappa shape index (κ2) is 8.95. The Kier molecular flexibility index (Phi) is 5.60. The molecule has 0 N–H and O–H groups in total. The number of carbonyl (C=O) groups is 2. The molecule has 0 saturated carbocycles. The fraction of sp³-hybridized carbons (Fsp3) is 0.323. The van der Waals surface area contributed by atoms with Crippen molar-refractivity contribution in [1.82, 2.24) is 4.90 Å². The Morgan fingerprint density at radius 1 is 0.944 bits per heavy atom. The third-order valence-electron chi connectivity index (χ3n) is 8.28. The van der Waals surface area contributed by atoms with Gasteiger partial charge in [0.15, 0.2) is 5.78 Å². The minimum absolute atomic E-state index is 0.0350. The number of aryl methyl sites for hydroxylation is 1. The zero-order chi connectivity index (χ0) is 24.8. The molecule has 2 heterocycles. The summed E-state index contributed by atoms with van der Waals surface area (Å²) in [6.45, 7) is 2.18. The molecule has 2 saturated heterocycles. The zero-order valence-electron chi connectivity index (χ0n) is 20.3. The maximum atomic E-state index is 13.3. The SMILES string of the molecule is Cc1cc(C(=O)C2CC3CCC(C2)N3C(=O)OCC2c3ccccc3-c3ccccc32)ccc1C#N. The number of carbonyl (C=O) groups excluding carboxylic acids is 2. The molecule has 1 aliphatic carbocycles. The summed E-state index contributed by atoms with van der Waals surface area (Å²) in [5.74, 6) is 0.0527. The van der Waals surface area contributed by atoms with Gasteiger partial charge in [-0.05, 0) is 72.6 Å². The molecule has 2 bridgehead atoms. The van der Waals surface area contributed by atoms with Crippen LogP contribution in [0.5, 0.6) is 0 Å². The lowest BCUT2D eigenvalue weighted by molar-refractivity contribution is 0.0506. The molecular formula is C31H28N2O3. The lowest BCUT2D eigenvalue weighted by Crippen LogP contribution is -2.48. The van der Waals surface area contributed by atoms with E-state index in [0.717, 1.165) is 18.4 Å². The van der Waals surface area contributed by atoms with E-state index in [4.69, 9.17) is 4.74 Å². The molecule has 6 rings (SSSR count). The number of piperidine rings is 1. The van der Waals surface area contributed by atoms with Gasteiger partial charge >= 0.3 is 6.09 Å². The van der Waals surface area contributed by atoms with Crippen LogP contribution >= 0.6 is 0 Å². The van der Waals surface area contributed by atoms with Gasteiger partial charge in [0.05, 0.1) is 11.6 Å². The van der Waals surface area contributed by atoms with Crippen molar-refractivity contribution in [1.29, 1.82) is 5.26 Å². The van der Waals surface area contributed by atoms with E-state index in [1.165, 1.54) is 22.3 Å². The first-order valence-electron chi connectivity index (χ1n) is 12.7. The Morgan fingerprint density at radius 2 is 1.56 bits per heavy atom. The first-order valence-corrected chi connectivity index (χ1v) is 12.7. The third kappa shape index (κ3) is 3.69. The number of hydrogen-bond acceptors (Lipinski definition) is 4. The molecule has 5 heteroatoms. The molecular weight excluding hydrogens is 448 g/mol. The Morgan fingerprint density at radius 3 is 2.14 bits per heavy atom. The minimum Gasteiger partial charge on any atom is -0.448 e. The lowest BCUT2D eigenvalue weighted by Gasteiger charge is -2.37. The molecule has 5 nitrogen and oxygen atoms in total. The quantitative estimate of drug-likeness (QED) is 0.418. The van der Waals surface area contributed by atoms with Crippen molar-refractivity contribution in [2.24, 2.45) is 5.92 Å². The lowest BCUT2D eigenvalue weighted by atomic mass is 9.84. The molecule has 2 unspecified atom stereocenters. The van der Waals surface area contributed by atoms with Crippen LogP contribution in [0.3, 0.4) is 0 Å². The molecule has 0 radical (unpaired) electrons. The Hall–Kier alpha value is -3.91. The number of hydrogen-bond donors (Lipinski definition) is 0. The van der Waals surface area contributed by atoms with Crippen molar-refractivity contribution in [2.75, 3.05) is 6.61 Å². The van der Waals surface area contributed by atoms with Gasteiger partial charge in [0, 0.05) is 29.5 Å². The van der Waals surface area contributed by atoms with Crippen molar-refractivity contribution in [3.8, 4) is 17.2 Å². The average molecular weight is 477 g/mol. The number of ketones is 1. The summed E-state index contributed by atoms with van der Waals surface area (Å²) in [5.41, 5.74) is 6.91. The number of nitrogens with zero attached hydrogens (tertiary/aromatic N) is 2. The zero-order valence-corrected chi connectivity index (χ0v) is 20.3. The fourth-order valence-corrected chi connectivity index (χ4v) is 6.54. The summed E-state index contributed by atoms with van der Waals surface area (Å²) in [5, 5.41) is 9.18. The predicted octanol–water partition coefficient (Wildman–Crippen LogP) is 6.24. The number of Topliss-reactive ketones (excluding diaryl/α,β-unsaturated/α-hetero) is 1. The Balaban J connectivity index is 1.14. The fourth-order valence-electron chi connectivity index (χ4n) is 6.54. The smallest absolute Gasteiger partial charge is 0.410 e. The number of fused-ring (bicyclic) bond motifs is 5. The van der Waals surface area contributed by atoms with Crippen LogP contribution in [0.2, 0.25) is 0 Å². The van der Waals surface area contributed by atoms with Crippen molar-refractivity contribution in [3.63, 3.8) is 0 Å². The highest BCUT2D eigenvalue weighted by molar-refractivity contribution is 5.98. The van der Waals surface area contributed by atoms with E-state index in [-0.39, 0.29) is 35.8 Å². The van der Waals surface area contributed by atoms with Gasteiger partial charge in [0.2, 0.25) is 0 Å². The van der Waals surface area contributed by atoms with Crippen molar-refractivity contribution < 1.29 is 14.3 Å². The van der Waals surface area contributed by atoms with E-state index in [2.05, 4.69) is 30.3 Å². The highest BCUT2D eigenvalue weighted by atomic mass is 16.6. The van der Waals surface area contributed by atoms with Gasteiger partial charge in [0.25, 0.3) is 0 Å². The highest BCUT2D eigenvalue weighted by Crippen LogP contribution is 2.45. The molecule has 36 heavy (non-hydrogen) atoms. The van der Waals surface area contributed by atoms with Gasteiger partial charge in [-0.15, -0.1) is 0 Å². The maximum absolute atomic E-state index is 13.3. The van der Waals surface area contributed by atoms with Crippen LogP contribution in [0.1, 0.15) is 64.2 Å². The first-order chi connectivity index (χ1) is 17.5. The van der Waals surface area contributed by atoms with Crippen molar-refractivity contribution in [2.45, 2.75) is 50.6 Å². The van der Waals surface area contributed by atoms with Crippen LogP contribution in [0, 0.1) is 24.2 Å². The number of amides is 1. The summed E-state index contributed by atoms with van der Waals surface area (Å²) in [6, 6.07) is 24.2. The Bertz CT molecular complexity index is 1350. The van der Waals surface area contributed by atoms with Gasteiger partial charge in [-0.1, -0.05) is 54.6 Å². The topological polar surface area (TPSA) is 70.4 Å². The number of rotatable bonds is 4. The molecule has 180 valence electrons. The Labute approximate surface area is 211 Å². The van der Waals surface area contributed by atoms with E-state index in [1.54, 1.807) is 12.1 Å². The molecule has 3 aromatic rings. The summed E-state index contributed by atoms with van der Waals surface area (Å²) in [4.78, 5) is 28.5. The average Bonchev–Trinajstić information content (AvgIpc) is 3.37. The monoisotopic (exact) mass is 476 g/mol. The second-order valence-corrected chi connectivity index (χ2v) is 10.3. The molecule has 3 aliphatic rings. The summed E-state index contributed by atoms with van der Waals surface area (Å²) < 4.78 is 5.95. The predicted molar refractivity (Wildman–Crippen MR) is 137 cm³/mol. The molecule has 2 fully saturated rings. The summed E-state index contributed by atoms with van der Waals surface area (Å²) in [7, 11) is 0. The third-order valence-corrected chi connectivity index (χ3v) is 8.28. The van der Waals surface area contributed by atoms with Gasteiger partial charge in [0.1, 0.15) is 6.61 Å². The van der Waals surface area contributed by atoms with E-state index < -0.39 is 0 Å². The summed E-state index contributed by atoms with van der Waals surface area (Å²) in [6.07, 6.45) is 2.89. The maximum Gasteiger partial charge on any atom is 0.410 e. The van der Waals surface area contributed by atoms with Crippen LogP contribution in [0.4, 0.5) is 4.79 Å². The van der Waals surface area contributed by atoms with Crippen molar-refractivity contribution in [3.05, 3.63) is 94.5 Å². The first kappa shape index (κ1) is 22.5. The van der Waals surface area contributed by atoms with E-state index >= 15 is 0 Å². The summed E-state index contributed by atoms with van der Waals surface area (Å²) >= 11 is 0. The normalized spacial score (nSPS) is 22.0. The minimum atomic E-state index is -0.260. The van der Waals surface area contributed by atoms with E-state index in [0.29, 0.717) is 30.6 Å². The van der Waals surface area contributed by atoms with Crippen LogP contribution in [-0.4, -0.2) is 35.5 Å². The standard InChI is InChI=1S/C31H28N2O3/c1-19-14-20(10-11-21(19)17-32)30(34)22-15-23-12-13-24(16-22)33(23)31(35)36-18-29-27-8-4-2-6-25(27)26-7-3-5-9-28(26)29/h2-11,14,22-24,29H,12-13,15-16,18H2,1H3. The van der Waals surface area contributed by atoms with Crippen LogP contribution < -0.4 is 0 Å². The molecule has 3 aromatic carbocycles. The van der Waals surface area contributed by atoms with Gasteiger partial charge in [-0.3, -0.25) is 4.79 Å². The molecule has 0 spiro atoms. The number of nitriles is 1. The van der Waals surface area contributed by atoms with E-state index in [9.17, 15) is 14.9 Å². The molecule has 0 aromatic heterocycles. The number of benzene rings is 3. The van der Waals surface area contributed by atoms with E-state index in [1.807, 2.05) is 42.2 Å². The second-order valence-electron chi connectivity index (χ2n) is 10.3. The van der Waals surface area contributed by atoms with Gasteiger partial charge in [-0.25, -0.2) is 4.79 Å². The van der Waals surface area contributed by atoms with Crippen molar-refractivity contribution >= 4 is 11.9 Å². The van der Waals surface area contributed by atoms with Crippen LogP contribution in [-0.2, 0) is 4.74 Å².